The Morgan fingerprint density at radius 1 is 1.15 bits per heavy atom. The molecule has 0 spiro atoms. The van der Waals surface area contributed by atoms with Crippen LogP contribution in [0.25, 0.3) is 10.9 Å². The van der Waals surface area contributed by atoms with Crippen molar-refractivity contribution in [1.82, 2.24) is 15.6 Å². The summed E-state index contributed by atoms with van der Waals surface area (Å²) in [5.74, 6) is -1.85. The summed E-state index contributed by atoms with van der Waals surface area (Å²) in [4.78, 5) is 38.4. The number of nitrogens with one attached hydrogen (secondary N) is 3. The number of H-pyrrole nitrogens is 1. The van der Waals surface area contributed by atoms with Crippen LogP contribution in [0, 0.1) is 0 Å². The number of aliphatic carboxylic acids is 1. The largest absolute Gasteiger partial charge is 0.480 e. The molecule has 3 rings (SSSR count). The van der Waals surface area contributed by atoms with Crippen molar-refractivity contribution >= 4 is 28.7 Å². The molecule has 0 saturated heterocycles. The summed E-state index contributed by atoms with van der Waals surface area (Å²) in [6.45, 7) is 0.0742. The molecule has 4 N–H and O–H groups in total. The van der Waals surface area contributed by atoms with Gasteiger partial charge in [0.1, 0.15) is 6.04 Å². The fourth-order valence-electron chi connectivity index (χ4n) is 2.77. The number of amides is 2. The third kappa shape index (κ3) is 4.55. The molecule has 2 heterocycles. The highest BCUT2D eigenvalue weighted by molar-refractivity contribution is 5.92. The van der Waals surface area contributed by atoms with Crippen LogP contribution < -0.4 is 10.6 Å². The number of furan rings is 1. The molecule has 2 aromatic heterocycles. The molecule has 0 aliphatic rings. The highest BCUT2D eigenvalue weighted by Gasteiger charge is 2.22. The van der Waals surface area contributed by atoms with Gasteiger partial charge in [0.25, 0.3) is 5.91 Å². The first-order valence-corrected chi connectivity index (χ1v) is 8.43. The van der Waals surface area contributed by atoms with Gasteiger partial charge < -0.3 is 25.1 Å². The first-order valence-electron chi connectivity index (χ1n) is 8.43. The van der Waals surface area contributed by atoms with Crippen molar-refractivity contribution in [2.45, 2.75) is 18.9 Å². The van der Waals surface area contributed by atoms with Crippen molar-refractivity contribution in [2.75, 3.05) is 6.54 Å². The summed E-state index contributed by atoms with van der Waals surface area (Å²) in [7, 11) is 0. The number of fused-ring (bicyclic) bond motifs is 1. The van der Waals surface area contributed by atoms with Crippen LogP contribution in [0.4, 0.5) is 0 Å². The van der Waals surface area contributed by atoms with E-state index in [0.717, 1.165) is 16.5 Å². The lowest BCUT2D eigenvalue weighted by molar-refractivity contribution is -0.141. The number of hydrogen-bond donors (Lipinski definition) is 4. The van der Waals surface area contributed by atoms with Gasteiger partial charge in [-0.3, -0.25) is 9.59 Å². The molecule has 0 radical (unpaired) electrons. The average molecular weight is 369 g/mol. The van der Waals surface area contributed by atoms with E-state index in [2.05, 4.69) is 15.6 Å². The molecule has 0 saturated carbocycles. The molecular weight excluding hydrogens is 350 g/mol. The van der Waals surface area contributed by atoms with Gasteiger partial charge in [-0.05, 0) is 23.8 Å². The second-order valence-corrected chi connectivity index (χ2v) is 6.01. The van der Waals surface area contributed by atoms with E-state index in [1.165, 1.54) is 12.3 Å². The van der Waals surface area contributed by atoms with Gasteiger partial charge in [0.2, 0.25) is 5.91 Å². The second-order valence-electron chi connectivity index (χ2n) is 6.01. The van der Waals surface area contributed by atoms with Crippen LogP contribution in [0.3, 0.4) is 0 Å². The third-order valence-corrected chi connectivity index (χ3v) is 4.11. The van der Waals surface area contributed by atoms with Crippen LogP contribution >= 0.6 is 0 Å². The minimum Gasteiger partial charge on any atom is -0.480 e. The van der Waals surface area contributed by atoms with Gasteiger partial charge in [-0.25, -0.2) is 4.79 Å². The summed E-state index contributed by atoms with van der Waals surface area (Å²) in [6, 6.07) is 9.59. The van der Waals surface area contributed by atoms with Crippen LogP contribution in [0.15, 0.2) is 53.3 Å². The van der Waals surface area contributed by atoms with Crippen LogP contribution in [0.1, 0.15) is 22.5 Å². The zero-order valence-electron chi connectivity index (χ0n) is 14.4. The fraction of sp³-hybridized carbons (Fsp3) is 0.211. The number of aromatic amines is 1. The Bertz CT molecular complexity index is 945. The Morgan fingerprint density at radius 2 is 1.96 bits per heavy atom. The Hall–Kier alpha value is -3.55. The fourth-order valence-corrected chi connectivity index (χ4v) is 2.77. The number of carbonyl (C=O) groups is 3. The summed E-state index contributed by atoms with van der Waals surface area (Å²) < 4.78 is 4.95. The molecular formula is C19H19N3O5. The Kier molecular flexibility index (Phi) is 5.55. The first-order chi connectivity index (χ1) is 13.0. The van der Waals surface area contributed by atoms with E-state index in [4.69, 9.17) is 4.42 Å². The van der Waals surface area contributed by atoms with Gasteiger partial charge in [0.15, 0.2) is 5.76 Å². The lowest BCUT2D eigenvalue weighted by atomic mass is 10.0. The lowest BCUT2D eigenvalue weighted by Crippen LogP contribution is -2.43. The van der Waals surface area contributed by atoms with Crippen LogP contribution in [-0.2, 0) is 16.0 Å². The zero-order valence-corrected chi connectivity index (χ0v) is 14.4. The minimum atomic E-state index is -1.12. The Labute approximate surface area is 154 Å². The maximum atomic E-state index is 12.1. The Morgan fingerprint density at radius 3 is 2.70 bits per heavy atom. The summed E-state index contributed by atoms with van der Waals surface area (Å²) in [6.07, 6.45) is 3.24. The number of rotatable bonds is 8. The lowest BCUT2D eigenvalue weighted by Gasteiger charge is -2.14. The molecule has 0 aliphatic carbocycles. The third-order valence-electron chi connectivity index (χ3n) is 4.11. The first kappa shape index (κ1) is 18.2. The SMILES string of the molecule is O=C(CCNC(=O)c1ccco1)N[C@H](Cc1c[nH]c2ccccc12)C(=O)O. The van der Waals surface area contributed by atoms with Crippen molar-refractivity contribution < 1.29 is 23.9 Å². The maximum absolute atomic E-state index is 12.1. The number of benzene rings is 1. The zero-order chi connectivity index (χ0) is 19.2. The molecule has 8 nitrogen and oxygen atoms in total. The number of aromatic nitrogens is 1. The minimum absolute atomic E-state index is 0.0376. The van der Waals surface area contributed by atoms with E-state index in [-0.39, 0.29) is 25.1 Å². The van der Waals surface area contributed by atoms with E-state index in [9.17, 15) is 19.5 Å². The number of carbonyl (C=O) groups excluding carboxylic acids is 2. The molecule has 8 heteroatoms. The maximum Gasteiger partial charge on any atom is 0.326 e. The van der Waals surface area contributed by atoms with Crippen LogP contribution in [-0.4, -0.2) is 40.5 Å². The molecule has 2 amide bonds. The van der Waals surface area contributed by atoms with Crippen molar-refractivity contribution in [3.63, 3.8) is 0 Å². The highest BCUT2D eigenvalue weighted by atomic mass is 16.4. The average Bonchev–Trinajstić information content (AvgIpc) is 3.31. The van der Waals surface area contributed by atoms with Gasteiger partial charge in [-0.15, -0.1) is 0 Å². The second kappa shape index (κ2) is 8.22. The molecule has 1 atom stereocenters. The molecule has 140 valence electrons. The topological polar surface area (TPSA) is 124 Å². The van der Waals surface area contributed by atoms with Crippen molar-refractivity contribution in [1.29, 1.82) is 0 Å². The van der Waals surface area contributed by atoms with Gasteiger partial charge >= 0.3 is 5.97 Å². The van der Waals surface area contributed by atoms with E-state index in [1.807, 2.05) is 24.3 Å². The van der Waals surface area contributed by atoms with E-state index >= 15 is 0 Å². The normalized spacial score (nSPS) is 11.9. The summed E-state index contributed by atoms with van der Waals surface area (Å²) in [5, 5.41) is 15.4. The van der Waals surface area contributed by atoms with Gasteiger partial charge in [0.05, 0.1) is 6.26 Å². The van der Waals surface area contributed by atoms with Gasteiger partial charge in [0, 0.05) is 36.5 Å². The molecule has 0 bridgehead atoms. The standard InChI is InChI=1S/C19H19N3O5/c23-17(7-8-20-18(24)16-6-3-9-27-16)22-15(19(25)26)10-12-11-21-14-5-2-1-4-13(12)14/h1-6,9,11,15,21H,7-8,10H2,(H,20,24)(H,22,23)(H,25,26)/t15-/m1/s1. The molecule has 0 unspecified atom stereocenters. The summed E-state index contributed by atoms with van der Waals surface area (Å²) in [5.41, 5.74) is 1.72. The number of carboxylic acid groups (broad SMARTS) is 1. The smallest absolute Gasteiger partial charge is 0.326 e. The molecule has 27 heavy (non-hydrogen) atoms. The molecule has 3 aromatic rings. The predicted octanol–water partition coefficient (Wildman–Crippen LogP) is 1.69. The Balaban J connectivity index is 1.53. The quantitative estimate of drug-likeness (QED) is 0.481. The van der Waals surface area contributed by atoms with Crippen LogP contribution in [0.2, 0.25) is 0 Å². The predicted molar refractivity (Wildman–Crippen MR) is 97.2 cm³/mol. The van der Waals surface area contributed by atoms with Crippen LogP contribution in [0.5, 0.6) is 0 Å². The molecule has 0 aliphatic heterocycles. The highest BCUT2D eigenvalue weighted by Crippen LogP contribution is 2.19. The van der Waals surface area contributed by atoms with Crippen molar-refractivity contribution in [2.24, 2.45) is 0 Å². The van der Waals surface area contributed by atoms with E-state index < -0.39 is 23.8 Å². The monoisotopic (exact) mass is 369 g/mol. The summed E-state index contributed by atoms with van der Waals surface area (Å²) >= 11 is 0. The van der Waals surface area contributed by atoms with Crippen molar-refractivity contribution in [3.05, 3.63) is 60.2 Å². The number of para-hydroxylation sites is 1. The van der Waals surface area contributed by atoms with Crippen molar-refractivity contribution in [3.8, 4) is 0 Å². The molecule has 1 aromatic carbocycles. The van der Waals surface area contributed by atoms with E-state index in [0.29, 0.717) is 0 Å². The number of carboxylic acids is 1. The van der Waals surface area contributed by atoms with E-state index in [1.54, 1.807) is 12.3 Å². The van der Waals surface area contributed by atoms with Gasteiger partial charge in [-0.2, -0.15) is 0 Å². The number of hydrogen-bond acceptors (Lipinski definition) is 4. The molecule has 0 fully saturated rings. The van der Waals surface area contributed by atoms with Gasteiger partial charge in [-0.1, -0.05) is 18.2 Å².